The number of nitrogens with two attached hydrogens (primary N) is 1. The van der Waals surface area contributed by atoms with E-state index in [-0.39, 0.29) is 6.04 Å². The zero-order valence-corrected chi connectivity index (χ0v) is 12.8. The van der Waals surface area contributed by atoms with E-state index in [1.54, 1.807) is 22.7 Å². The van der Waals surface area contributed by atoms with Gasteiger partial charge in [-0.25, -0.2) is 4.98 Å². The van der Waals surface area contributed by atoms with Crippen LogP contribution in [0.1, 0.15) is 13.3 Å². The average molecular weight is 304 g/mol. The van der Waals surface area contributed by atoms with E-state index >= 15 is 0 Å². The number of fused-ring (bicyclic) bond motifs is 1. The molecule has 0 aliphatic rings. The Labute approximate surface area is 126 Å². The molecule has 2 N–H and O–H groups in total. The zero-order chi connectivity index (χ0) is 13.9. The van der Waals surface area contributed by atoms with Gasteiger partial charge in [0, 0.05) is 6.04 Å². The third-order valence-corrected chi connectivity index (χ3v) is 5.15. The van der Waals surface area contributed by atoms with Crippen molar-refractivity contribution in [2.75, 3.05) is 6.61 Å². The van der Waals surface area contributed by atoms with Crippen molar-refractivity contribution in [1.82, 2.24) is 4.98 Å². The number of rotatable bonds is 5. The minimum atomic E-state index is 0.0701. The van der Waals surface area contributed by atoms with Gasteiger partial charge in [-0.05, 0) is 30.0 Å². The molecule has 0 fully saturated rings. The van der Waals surface area contributed by atoms with E-state index in [4.69, 9.17) is 15.5 Å². The maximum Gasteiger partial charge on any atom is 0.146 e. The molecule has 20 heavy (non-hydrogen) atoms. The highest BCUT2D eigenvalue weighted by molar-refractivity contribution is 7.25. The molecule has 1 aromatic carbocycles. The second kappa shape index (κ2) is 5.91. The summed E-state index contributed by atoms with van der Waals surface area (Å²) in [5.74, 6) is 0.824. The Morgan fingerprint density at radius 3 is 2.95 bits per heavy atom. The Kier molecular flexibility index (Phi) is 4.00. The Hall–Kier alpha value is -1.43. The molecule has 3 nitrogen and oxygen atoms in total. The van der Waals surface area contributed by atoms with E-state index in [1.807, 2.05) is 18.2 Å². The molecule has 3 aromatic rings. The van der Waals surface area contributed by atoms with Crippen molar-refractivity contribution < 1.29 is 4.74 Å². The number of para-hydroxylation sites is 1. The maximum absolute atomic E-state index is 5.91. The number of hydrogen-bond donors (Lipinski definition) is 1. The monoisotopic (exact) mass is 304 g/mol. The molecule has 0 radical (unpaired) electrons. The molecule has 1 unspecified atom stereocenters. The number of thiophene rings is 1. The highest BCUT2D eigenvalue weighted by Crippen LogP contribution is 2.36. The predicted octanol–water partition coefficient (Wildman–Crippen LogP) is 4.14. The summed E-state index contributed by atoms with van der Waals surface area (Å²) < 4.78 is 6.97. The van der Waals surface area contributed by atoms with E-state index in [0.29, 0.717) is 6.61 Å². The number of benzene rings is 1. The molecule has 1 atom stereocenters. The Morgan fingerprint density at radius 1 is 1.30 bits per heavy atom. The minimum Gasteiger partial charge on any atom is -0.490 e. The standard InChI is InChI=1S/C15H16N2OS2/c1-2-10(16)9-18-11-5-3-6-12-14(11)17-15(20-12)13-7-4-8-19-13/h3-8,10H,2,9,16H2,1H3. The van der Waals surface area contributed by atoms with Crippen LogP contribution in [0.3, 0.4) is 0 Å². The molecule has 3 rings (SSSR count). The number of hydrogen-bond acceptors (Lipinski definition) is 5. The summed E-state index contributed by atoms with van der Waals surface area (Å²) in [5, 5.41) is 3.12. The van der Waals surface area contributed by atoms with Crippen LogP contribution in [0.2, 0.25) is 0 Å². The first-order valence-electron chi connectivity index (χ1n) is 6.59. The third-order valence-electron chi connectivity index (χ3n) is 3.09. The van der Waals surface area contributed by atoms with Crippen LogP contribution in [0.5, 0.6) is 5.75 Å². The van der Waals surface area contributed by atoms with Gasteiger partial charge in [0.2, 0.25) is 0 Å². The molecule has 0 amide bonds. The Balaban J connectivity index is 1.93. The van der Waals surface area contributed by atoms with Gasteiger partial charge in [0.15, 0.2) is 0 Å². The molecule has 104 valence electrons. The molecule has 0 saturated heterocycles. The van der Waals surface area contributed by atoms with Gasteiger partial charge < -0.3 is 10.5 Å². The molecule has 0 saturated carbocycles. The van der Waals surface area contributed by atoms with Crippen LogP contribution in [0.25, 0.3) is 20.1 Å². The van der Waals surface area contributed by atoms with Gasteiger partial charge in [-0.1, -0.05) is 19.1 Å². The fraction of sp³-hybridized carbons (Fsp3) is 0.267. The Bertz CT molecular complexity index is 691. The van der Waals surface area contributed by atoms with Gasteiger partial charge in [-0.15, -0.1) is 22.7 Å². The number of thiazole rings is 1. The van der Waals surface area contributed by atoms with Crippen LogP contribution in [-0.4, -0.2) is 17.6 Å². The lowest BCUT2D eigenvalue weighted by Crippen LogP contribution is -2.26. The second-order valence-electron chi connectivity index (χ2n) is 4.58. The van der Waals surface area contributed by atoms with Crippen LogP contribution in [0.15, 0.2) is 35.7 Å². The van der Waals surface area contributed by atoms with Gasteiger partial charge in [-0.2, -0.15) is 0 Å². The van der Waals surface area contributed by atoms with Crippen molar-refractivity contribution in [2.45, 2.75) is 19.4 Å². The number of ether oxygens (including phenoxy) is 1. The largest absolute Gasteiger partial charge is 0.490 e. The van der Waals surface area contributed by atoms with Crippen molar-refractivity contribution >= 4 is 32.9 Å². The highest BCUT2D eigenvalue weighted by Gasteiger charge is 2.11. The van der Waals surface area contributed by atoms with E-state index in [2.05, 4.69) is 24.4 Å². The molecular weight excluding hydrogens is 288 g/mol. The summed E-state index contributed by atoms with van der Waals surface area (Å²) in [4.78, 5) is 5.92. The average Bonchev–Trinajstić information content (AvgIpc) is 3.12. The van der Waals surface area contributed by atoms with Gasteiger partial charge in [0.1, 0.15) is 22.9 Å². The molecule has 0 spiro atoms. The van der Waals surface area contributed by atoms with Crippen LogP contribution in [-0.2, 0) is 0 Å². The first-order valence-corrected chi connectivity index (χ1v) is 8.29. The molecule has 0 aliphatic carbocycles. The maximum atomic E-state index is 5.91. The van der Waals surface area contributed by atoms with Crippen LogP contribution in [0, 0.1) is 0 Å². The van der Waals surface area contributed by atoms with Crippen molar-refractivity contribution in [3.8, 4) is 15.6 Å². The molecule has 2 aromatic heterocycles. The minimum absolute atomic E-state index is 0.0701. The first kappa shape index (κ1) is 13.5. The highest BCUT2D eigenvalue weighted by atomic mass is 32.1. The molecule has 5 heteroatoms. The number of aromatic nitrogens is 1. The van der Waals surface area contributed by atoms with Crippen molar-refractivity contribution in [1.29, 1.82) is 0 Å². The van der Waals surface area contributed by atoms with Crippen LogP contribution < -0.4 is 10.5 Å². The molecular formula is C15H16N2OS2. The van der Waals surface area contributed by atoms with Crippen molar-refractivity contribution in [3.05, 3.63) is 35.7 Å². The van der Waals surface area contributed by atoms with E-state index in [9.17, 15) is 0 Å². The molecule has 2 heterocycles. The SMILES string of the molecule is CCC(N)COc1cccc2sc(-c3cccs3)nc12. The van der Waals surface area contributed by atoms with E-state index in [0.717, 1.165) is 27.4 Å². The van der Waals surface area contributed by atoms with Gasteiger partial charge in [0.25, 0.3) is 0 Å². The van der Waals surface area contributed by atoms with Crippen LogP contribution >= 0.6 is 22.7 Å². The Morgan fingerprint density at radius 2 is 2.20 bits per heavy atom. The summed E-state index contributed by atoms with van der Waals surface area (Å²) in [7, 11) is 0. The van der Waals surface area contributed by atoms with Crippen molar-refractivity contribution in [3.63, 3.8) is 0 Å². The predicted molar refractivity (Wildman–Crippen MR) is 86.7 cm³/mol. The van der Waals surface area contributed by atoms with Crippen LogP contribution in [0.4, 0.5) is 0 Å². The topological polar surface area (TPSA) is 48.1 Å². The lowest BCUT2D eigenvalue weighted by molar-refractivity contribution is 0.288. The fourth-order valence-corrected chi connectivity index (χ4v) is 3.64. The lowest BCUT2D eigenvalue weighted by atomic mass is 10.2. The summed E-state index contributed by atoms with van der Waals surface area (Å²) in [6, 6.07) is 10.3. The summed E-state index contributed by atoms with van der Waals surface area (Å²) in [5.41, 5.74) is 6.84. The molecule has 0 bridgehead atoms. The number of nitrogens with zero attached hydrogens (tertiary/aromatic N) is 1. The second-order valence-corrected chi connectivity index (χ2v) is 6.56. The van der Waals surface area contributed by atoms with E-state index in [1.165, 1.54) is 4.88 Å². The quantitative estimate of drug-likeness (QED) is 0.770. The van der Waals surface area contributed by atoms with Gasteiger partial charge in [0.05, 0.1) is 9.58 Å². The van der Waals surface area contributed by atoms with Crippen molar-refractivity contribution in [2.24, 2.45) is 5.73 Å². The first-order chi connectivity index (χ1) is 9.78. The van der Waals surface area contributed by atoms with Gasteiger partial charge in [-0.3, -0.25) is 0 Å². The normalized spacial score (nSPS) is 12.7. The summed E-state index contributed by atoms with van der Waals surface area (Å²) >= 11 is 3.40. The third kappa shape index (κ3) is 2.70. The zero-order valence-electron chi connectivity index (χ0n) is 11.2. The summed E-state index contributed by atoms with van der Waals surface area (Å²) in [6.07, 6.45) is 0.910. The van der Waals surface area contributed by atoms with E-state index < -0.39 is 0 Å². The summed E-state index contributed by atoms with van der Waals surface area (Å²) in [6.45, 7) is 2.59. The van der Waals surface area contributed by atoms with Gasteiger partial charge >= 0.3 is 0 Å². The lowest BCUT2D eigenvalue weighted by Gasteiger charge is -2.11. The fourth-order valence-electron chi connectivity index (χ4n) is 1.86. The smallest absolute Gasteiger partial charge is 0.146 e. The molecule has 0 aliphatic heterocycles.